The van der Waals surface area contributed by atoms with Crippen LogP contribution in [-0.2, 0) is 6.54 Å². The molecule has 1 aliphatic rings. The lowest BCUT2D eigenvalue weighted by atomic mass is 10.2. The first-order valence-corrected chi connectivity index (χ1v) is 9.75. The normalized spacial score (nSPS) is 14.8. The van der Waals surface area contributed by atoms with E-state index in [1.165, 1.54) is 36.2 Å². The number of rotatable bonds is 4. The van der Waals surface area contributed by atoms with Crippen LogP contribution in [0.2, 0.25) is 0 Å². The third-order valence-electron chi connectivity index (χ3n) is 4.49. The minimum Gasteiger partial charge on any atom is -0.253 e. The molecule has 3 aromatic rings. The van der Waals surface area contributed by atoms with Gasteiger partial charge in [0.2, 0.25) is 4.80 Å². The Bertz CT molecular complexity index is 960. The zero-order valence-electron chi connectivity index (χ0n) is 14.4. The van der Waals surface area contributed by atoms with Crippen molar-refractivity contribution in [2.75, 3.05) is 0 Å². The fraction of sp³-hybridized carbons (Fsp3) is 0.238. The Morgan fingerprint density at radius 1 is 0.962 bits per heavy atom. The molecule has 1 fully saturated rings. The summed E-state index contributed by atoms with van der Waals surface area (Å²) in [6.45, 7) is 0.620. The summed E-state index contributed by atoms with van der Waals surface area (Å²) in [6, 6.07) is 16.8. The number of aromatic nitrogens is 1. The molecule has 0 bridgehead atoms. The highest BCUT2D eigenvalue weighted by Gasteiger charge is 2.12. The number of halogens is 1. The smallest absolute Gasteiger partial charge is 0.206 e. The highest BCUT2D eigenvalue weighted by atomic mass is 32.1. The molecule has 2 aromatic carbocycles. The Morgan fingerprint density at radius 3 is 2.42 bits per heavy atom. The molecule has 1 aliphatic carbocycles. The molecule has 0 aliphatic heterocycles. The minimum absolute atomic E-state index is 0.230. The monoisotopic (exact) mass is 365 g/mol. The van der Waals surface area contributed by atoms with Crippen LogP contribution in [0.5, 0.6) is 0 Å². The lowest BCUT2D eigenvalue weighted by molar-refractivity contribution is 0.628. The van der Waals surface area contributed by atoms with Crippen LogP contribution in [0.15, 0.2) is 70.1 Å². The Labute approximate surface area is 156 Å². The van der Waals surface area contributed by atoms with Crippen LogP contribution in [0.3, 0.4) is 0 Å². The van der Waals surface area contributed by atoms with Gasteiger partial charge in [0.05, 0.1) is 12.2 Å². The van der Waals surface area contributed by atoms with Gasteiger partial charge in [-0.05, 0) is 55.5 Å². The van der Waals surface area contributed by atoms with E-state index in [9.17, 15) is 4.39 Å². The molecule has 26 heavy (non-hydrogen) atoms. The van der Waals surface area contributed by atoms with Gasteiger partial charge in [-0.3, -0.25) is 4.99 Å². The second-order valence-corrected chi connectivity index (χ2v) is 7.23. The minimum atomic E-state index is -0.230. The summed E-state index contributed by atoms with van der Waals surface area (Å²) < 4.78 is 15.2. The molecule has 4 rings (SSSR count). The van der Waals surface area contributed by atoms with E-state index in [0.717, 1.165) is 28.9 Å². The number of benzene rings is 2. The van der Waals surface area contributed by atoms with Crippen LogP contribution in [0, 0.1) is 5.82 Å². The van der Waals surface area contributed by atoms with Crippen molar-refractivity contribution < 1.29 is 4.39 Å². The molecule has 1 saturated carbocycles. The summed E-state index contributed by atoms with van der Waals surface area (Å²) in [7, 11) is 0. The van der Waals surface area contributed by atoms with E-state index in [-0.39, 0.29) is 5.82 Å². The van der Waals surface area contributed by atoms with E-state index in [4.69, 9.17) is 10.1 Å². The Morgan fingerprint density at radius 2 is 1.69 bits per heavy atom. The maximum atomic E-state index is 13.3. The van der Waals surface area contributed by atoms with Crippen molar-refractivity contribution in [2.24, 2.45) is 10.1 Å². The third-order valence-corrected chi connectivity index (χ3v) is 5.34. The van der Waals surface area contributed by atoms with Crippen LogP contribution in [0.1, 0.15) is 31.2 Å². The van der Waals surface area contributed by atoms with Crippen molar-refractivity contribution >= 4 is 17.0 Å². The number of nitrogens with zero attached hydrogens (tertiary/aromatic N) is 3. The first-order valence-electron chi connectivity index (χ1n) is 8.87. The van der Waals surface area contributed by atoms with E-state index >= 15 is 0 Å². The van der Waals surface area contributed by atoms with Crippen molar-refractivity contribution in [3.05, 3.63) is 76.2 Å². The van der Waals surface area contributed by atoms with Gasteiger partial charge >= 0.3 is 0 Å². The standard InChI is InChI=1S/C21H20FN3S/c22-18-12-10-17(11-13-18)20-15-26-21(23-14-16-6-2-1-3-7-16)25(20)24-19-8-4-5-9-19/h1-3,6-7,10-13,15H,4-5,8-9,14H2. The summed E-state index contributed by atoms with van der Waals surface area (Å²) >= 11 is 1.57. The molecule has 0 saturated heterocycles. The lowest BCUT2D eigenvalue weighted by Gasteiger charge is -2.05. The summed E-state index contributed by atoms with van der Waals surface area (Å²) in [5, 5.41) is 6.94. The largest absolute Gasteiger partial charge is 0.253 e. The van der Waals surface area contributed by atoms with E-state index in [1.807, 2.05) is 22.9 Å². The average Bonchev–Trinajstić information content (AvgIpc) is 3.32. The third kappa shape index (κ3) is 3.83. The predicted octanol–water partition coefficient (Wildman–Crippen LogP) is 5.23. The molecule has 0 spiro atoms. The van der Waals surface area contributed by atoms with E-state index in [0.29, 0.717) is 6.54 Å². The first kappa shape index (κ1) is 16.9. The number of thiazole rings is 1. The Hall–Kier alpha value is -2.53. The fourth-order valence-corrected chi connectivity index (χ4v) is 3.92. The SMILES string of the molecule is Fc1ccc(-c2csc(=NCc3ccccc3)n2N=C2CCCC2)cc1. The quantitative estimate of drug-likeness (QED) is 0.606. The number of hydrogen-bond acceptors (Lipinski definition) is 3. The van der Waals surface area contributed by atoms with Crippen LogP contribution >= 0.6 is 11.3 Å². The van der Waals surface area contributed by atoms with Crippen LogP contribution in [0.25, 0.3) is 11.3 Å². The average molecular weight is 365 g/mol. The fourth-order valence-electron chi connectivity index (χ4n) is 3.09. The maximum Gasteiger partial charge on any atom is 0.206 e. The summed E-state index contributed by atoms with van der Waals surface area (Å²) in [6.07, 6.45) is 4.49. The molecule has 0 radical (unpaired) electrons. The topological polar surface area (TPSA) is 29.6 Å². The van der Waals surface area contributed by atoms with E-state index in [1.54, 1.807) is 23.5 Å². The maximum absolute atomic E-state index is 13.3. The van der Waals surface area contributed by atoms with Crippen molar-refractivity contribution in [3.8, 4) is 11.3 Å². The molecule has 0 atom stereocenters. The van der Waals surface area contributed by atoms with Gasteiger partial charge in [-0.15, -0.1) is 11.3 Å². The van der Waals surface area contributed by atoms with Gasteiger partial charge in [0.15, 0.2) is 0 Å². The molecule has 0 unspecified atom stereocenters. The molecule has 0 N–H and O–H groups in total. The predicted molar refractivity (Wildman–Crippen MR) is 105 cm³/mol. The zero-order valence-corrected chi connectivity index (χ0v) is 15.3. The van der Waals surface area contributed by atoms with Gasteiger partial charge in [0.25, 0.3) is 0 Å². The van der Waals surface area contributed by atoms with Gasteiger partial charge in [-0.2, -0.15) is 5.10 Å². The van der Waals surface area contributed by atoms with Crippen LogP contribution in [0.4, 0.5) is 4.39 Å². The second kappa shape index (κ2) is 7.79. The molecule has 132 valence electrons. The van der Waals surface area contributed by atoms with E-state index < -0.39 is 0 Å². The second-order valence-electron chi connectivity index (χ2n) is 6.40. The number of hydrogen-bond donors (Lipinski definition) is 0. The molecular formula is C21H20FN3S. The molecule has 5 heteroatoms. The lowest BCUT2D eigenvalue weighted by Crippen LogP contribution is -2.14. The summed E-state index contributed by atoms with van der Waals surface area (Å²) in [5.74, 6) is -0.230. The van der Waals surface area contributed by atoms with Gasteiger partial charge in [0, 0.05) is 16.7 Å². The van der Waals surface area contributed by atoms with Crippen molar-refractivity contribution in [3.63, 3.8) is 0 Å². The molecule has 0 amide bonds. The van der Waals surface area contributed by atoms with Gasteiger partial charge in [-0.25, -0.2) is 9.07 Å². The van der Waals surface area contributed by atoms with Crippen molar-refractivity contribution in [1.82, 2.24) is 4.68 Å². The molecule has 3 nitrogen and oxygen atoms in total. The highest BCUT2D eigenvalue weighted by Crippen LogP contribution is 2.22. The van der Waals surface area contributed by atoms with Gasteiger partial charge in [0.1, 0.15) is 5.82 Å². The van der Waals surface area contributed by atoms with Crippen molar-refractivity contribution in [2.45, 2.75) is 32.2 Å². The van der Waals surface area contributed by atoms with Gasteiger partial charge in [-0.1, -0.05) is 30.3 Å². The summed E-state index contributed by atoms with van der Waals surface area (Å²) in [5.41, 5.74) is 4.30. The van der Waals surface area contributed by atoms with Gasteiger partial charge < -0.3 is 0 Å². The highest BCUT2D eigenvalue weighted by molar-refractivity contribution is 7.07. The Balaban J connectivity index is 1.76. The van der Waals surface area contributed by atoms with Crippen molar-refractivity contribution in [1.29, 1.82) is 0 Å². The zero-order chi connectivity index (χ0) is 17.8. The van der Waals surface area contributed by atoms with Crippen LogP contribution in [-0.4, -0.2) is 10.4 Å². The summed E-state index contributed by atoms with van der Waals surface area (Å²) in [4.78, 5) is 5.65. The Kier molecular flexibility index (Phi) is 5.07. The van der Waals surface area contributed by atoms with E-state index in [2.05, 4.69) is 17.5 Å². The molecule has 1 aromatic heterocycles. The first-order chi connectivity index (χ1) is 12.8. The molecule has 1 heterocycles. The molecular weight excluding hydrogens is 345 g/mol. The van der Waals surface area contributed by atoms with Crippen LogP contribution < -0.4 is 4.80 Å².